The summed E-state index contributed by atoms with van der Waals surface area (Å²) >= 11 is 0. The lowest BCUT2D eigenvalue weighted by Crippen LogP contribution is -2.24. The highest BCUT2D eigenvalue weighted by Crippen LogP contribution is 2.21. The van der Waals surface area contributed by atoms with E-state index in [2.05, 4.69) is 16.5 Å². The Balaban J connectivity index is 1.59. The average Bonchev–Trinajstić information content (AvgIpc) is 2.59. The predicted molar refractivity (Wildman–Crippen MR) is 71.0 cm³/mol. The molecule has 96 valence electrons. The van der Waals surface area contributed by atoms with E-state index >= 15 is 0 Å². The van der Waals surface area contributed by atoms with Gasteiger partial charge in [-0.1, -0.05) is 25.7 Å². The maximum absolute atomic E-state index is 4.39. The van der Waals surface area contributed by atoms with Crippen molar-refractivity contribution in [2.45, 2.75) is 44.9 Å². The lowest BCUT2D eigenvalue weighted by Gasteiger charge is -2.14. The second-order valence-electron chi connectivity index (χ2n) is 5.29. The quantitative estimate of drug-likeness (QED) is 0.628. The summed E-state index contributed by atoms with van der Waals surface area (Å²) in [5.74, 6) is 0.918. The first-order valence-electron chi connectivity index (χ1n) is 7.04. The van der Waals surface area contributed by atoms with Gasteiger partial charge in [-0.25, -0.2) is 0 Å². The van der Waals surface area contributed by atoms with Crippen LogP contribution < -0.4 is 5.32 Å². The number of hydrogen-bond acceptors (Lipinski definition) is 2. The first-order valence-corrected chi connectivity index (χ1v) is 7.04. The zero-order valence-electron chi connectivity index (χ0n) is 11.0. The number of nitrogens with one attached hydrogen (secondary N) is 1. The highest BCUT2D eigenvalue weighted by atomic mass is 15.2. The monoisotopic (exact) mass is 235 g/mol. The summed E-state index contributed by atoms with van der Waals surface area (Å²) < 4.78 is 1.88. The molecule has 1 heterocycles. The first-order chi connectivity index (χ1) is 8.34. The van der Waals surface area contributed by atoms with Crippen molar-refractivity contribution in [2.75, 3.05) is 13.1 Å². The van der Waals surface area contributed by atoms with Gasteiger partial charge < -0.3 is 5.32 Å². The van der Waals surface area contributed by atoms with E-state index in [1.807, 2.05) is 17.9 Å². The first kappa shape index (κ1) is 12.6. The molecule has 1 aromatic heterocycles. The minimum atomic E-state index is 0.918. The summed E-state index contributed by atoms with van der Waals surface area (Å²) in [6.45, 7) is 2.26. The molecule has 1 fully saturated rings. The highest BCUT2D eigenvalue weighted by molar-refractivity contribution is 4.98. The zero-order valence-corrected chi connectivity index (χ0v) is 11.0. The zero-order chi connectivity index (χ0) is 11.9. The largest absolute Gasteiger partial charge is 0.316 e. The number of nitrogens with zero attached hydrogens (tertiary/aromatic N) is 2. The van der Waals surface area contributed by atoms with Crippen LogP contribution in [-0.2, 0) is 13.5 Å². The third-order valence-electron chi connectivity index (χ3n) is 3.73. The molecule has 1 aliphatic carbocycles. The van der Waals surface area contributed by atoms with Crippen LogP contribution in [0.4, 0.5) is 0 Å². The summed E-state index contributed by atoms with van der Waals surface area (Å²) in [6, 6.07) is 2.10. The molecular weight excluding hydrogens is 210 g/mol. The molecular formula is C14H25N3. The number of hydrogen-bond donors (Lipinski definition) is 1. The van der Waals surface area contributed by atoms with Crippen LogP contribution in [0, 0.1) is 5.92 Å². The summed E-state index contributed by atoms with van der Waals surface area (Å²) in [5.41, 5.74) is 1.20. The lowest BCUT2D eigenvalue weighted by molar-refractivity contribution is 0.426. The molecule has 1 saturated carbocycles. The van der Waals surface area contributed by atoms with Gasteiger partial charge in [-0.3, -0.25) is 4.68 Å². The average molecular weight is 235 g/mol. The SMILES string of the molecule is Cn1ccc(CCNCC2CCCCCC2)n1. The van der Waals surface area contributed by atoms with Gasteiger partial charge in [0.1, 0.15) is 0 Å². The molecule has 0 unspecified atom stereocenters. The second kappa shape index (κ2) is 6.80. The van der Waals surface area contributed by atoms with Crippen molar-refractivity contribution in [3.05, 3.63) is 18.0 Å². The third-order valence-corrected chi connectivity index (χ3v) is 3.73. The Morgan fingerprint density at radius 2 is 2.06 bits per heavy atom. The molecule has 3 heteroatoms. The van der Waals surface area contributed by atoms with Crippen molar-refractivity contribution >= 4 is 0 Å². The van der Waals surface area contributed by atoms with E-state index in [1.165, 1.54) is 50.8 Å². The molecule has 0 bridgehead atoms. The van der Waals surface area contributed by atoms with Gasteiger partial charge in [0.25, 0.3) is 0 Å². The van der Waals surface area contributed by atoms with Crippen LogP contribution in [-0.4, -0.2) is 22.9 Å². The van der Waals surface area contributed by atoms with Gasteiger partial charge in [-0.15, -0.1) is 0 Å². The molecule has 1 N–H and O–H groups in total. The summed E-state index contributed by atoms with van der Waals surface area (Å²) in [4.78, 5) is 0. The van der Waals surface area contributed by atoms with E-state index in [9.17, 15) is 0 Å². The molecule has 1 aromatic rings. The van der Waals surface area contributed by atoms with Gasteiger partial charge in [-0.05, 0) is 31.4 Å². The normalized spacial score (nSPS) is 18.2. The lowest BCUT2D eigenvalue weighted by atomic mass is 10.0. The second-order valence-corrected chi connectivity index (χ2v) is 5.29. The van der Waals surface area contributed by atoms with Crippen LogP contribution in [0.25, 0.3) is 0 Å². The topological polar surface area (TPSA) is 29.9 Å². The standard InChI is InChI=1S/C14H25N3/c1-17-11-9-14(16-17)8-10-15-12-13-6-4-2-3-5-7-13/h9,11,13,15H,2-8,10,12H2,1H3. The van der Waals surface area contributed by atoms with Crippen LogP contribution in [0.3, 0.4) is 0 Å². The van der Waals surface area contributed by atoms with Gasteiger partial charge in [0.15, 0.2) is 0 Å². The number of aryl methyl sites for hydroxylation is 1. The van der Waals surface area contributed by atoms with Gasteiger partial charge in [0.05, 0.1) is 5.69 Å². The van der Waals surface area contributed by atoms with Crippen LogP contribution in [0.5, 0.6) is 0 Å². The predicted octanol–water partition coefficient (Wildman–Crippen LogP) is 2.52. The number of aromatic nitrogens is 2. The summed E-state index contributed by atoms with van der Waals surface area (Å²) in [6.07, 6.45) is 11.7. The van der Waals surface area contributed by atoms with Crippen molar-refractivity contribution in [3.63, 3.8) is 0 Å². The molecule has 0 amide bonds. The smallest absolute Gasteiger partial charge is 0.0637 e. The minimum absolute atomic E-state index is 0.918. The summed E-state index contributed by atoms with van der Waals surface area (Å²) in [5, 5.41) is 7.98. The van der Waals surface area contributed by atoms with E-state index in [-0.39, 0.29) is 0 Å². The van der Waals surface area contributed by atoms with E-state index in [1.54, 1.807) is 0 Å². The Morgan fingerprint density at radius 3 is 2.71 bits per heavy atom. The van der Waals surface area contributed by atoms with Crippen molar-refractivity contribution < 1.29 is 0 Å². The Kier molecular flexibility index (Phi) is 5.05. The summed E-state index contributed by atoms with van der Waals surface area (Å²) in [7, 11) is 1.97. The van der Waals surface area contributed by atoms with Crippen molar-refractivity contribution in [1.29, 1.82) is 0 Å². The minimum Gasteiger partial charge on any atom is -0.316 e. The highest BCUT2D eigenvalue weighted by Gasteiger charge is 2.11. The van der Waals surface area contributed by atoms with E-state index in [0.29, 0.717) is 0 Å². The Bertz CT molecular complexity index is 311. The Morgan fingerprint density at radius 1 is 1.29 bits per heavy atom. The van der Waals surface area contributed by atoms with Crippen LogP contribution in [0.15, 0.2) is 12.3 Å². The maximum Gasteiger partial charge on any atom is 0.0637 e. The van der Waals surface area contributed by atoms with Crippen molar-refractivity contribution in [1.82, 2.24) is 15.1 Å². The molecule has 0 atom stereocenters. The Labute approximate surface area is 105 Å². The van der Waals surface area contributed by atoms with Gasteiger partial charge in [0, 0.05) is 26.2 Å². The molecule has 0 radical (unpaired) electrons. The molecule has 1 aliphatic rings. The third kappa shape index (κ3) is 4.50. The molecule has 0 spiro atoms. The van der Waals surface area contributed by atoms with Crippen LogP contribution in [0.1, 0.15) is 44.2 Å². The fourth-order valence-corrected chi connectivity index (χ4v) is 2.69. The molecule has 0 aromatic carbocycles. The van der Waals surface area contributed by atoms with Crippen LogP contribution >= 0.6 is 0 Å². The van der Waals surface area contributed by atoms with Crippen LogP contribution in [0.2, 0.25) is 0 Å². The molecule has 3 nitrogen and oxygen atoms in total. The molecule has 17 heavy (non-hydrogen) atoms. The van der Waals surface area contributed by atoms with E-state index < -0.39 is 0 Å². The van der Waals surface area contributed by atoms with E-state index in [4.69, 9.17) is 0 Å². The van der Waals surface area contributed by atoms with Crippen molar-refractivity contribution in [2.24, 2.45) is 13.0 Å². The van der Waals surface area contributed by atoms with Gasteiger partial charge in [0.2, 0.25) is 0 Å². The fraction of sp³-hybridized carbons (Fsp3) is 0.786. The molecule has 0 saturated heterocycles. The number of rotatable bonds is 5. The fourth-order valence-electron chi connectivity index (χ4n) is 2.69. The molecule has 2 rings (SSSR count). The molecule has 0 aliphatic heterocycles. The maximum atomic E-state index is 4.39. The van der Waals surface area contributed by atoms with Gasteiger partial charge in [-0.2, -0.15) is 5.10 Å². The van der Waals surface area contributed by atoms with E-state index in [0.717, 1.165) is 18.9 Å². The van der Waals surface area contributed by atoms with Gasteiger partial charge >= 0.3 is 0 Å². The van der Waals surface area contributed by atoms with Crippen molar-refractivity contribution in [3.8, 4) is 0 Å². The Hall–Kier alpha value is -0.830.